The Kier molecular flexibility index (Phi) is 4.28. The predicted molar refractivity (Wildman–Crippen MR) is 89.8 cm³/mol. The molecule has 1 aliphatic heterocycles. The normalized spacial score (nSPS) is 12.8. The van der Waals surface area contributed by atoms with E-state index in [0.29, 0.717) is 6.79 Å². The van der Waals surface area contributed by atoms with Crippen molar-refractivity contribution in [2.24, 2.45) is 4.99 Å². The molecule has 0 saturated carbocycles. The molecule has 22 heavy (non-hydrogen) atoms. The molecule has 0 aliphatic carbocycles. The van der Waals surface area contributed by atoms with Gasteiger partial charge in [-0.05, 0) is 61.9 Å². The lowest BCUT2D eigenvalue weighted by atomic mass is 10.2. The molecule has 0 amide bonds. The average molecular weight is 296 g/mol. The Hall–Kier alpha value is -2.49. The van der Waals surface area contributed by atoms with Gasteiger partial charge in [-0.1, -0.05) is 0 Å². The van der Waals surface area contributed by atoms with Crippen molar-refractivity contribution in [1.82, 2.24) is 0 Å². The fraction of sp³-hybridized carbons (Fsp3) is 0.278. The molecule has 0 saturated heterocycles. The monoisotopic (exact) mass is 296 g/mol. The molecule has 3 rings (SSSR count). The quantitative estimate of drug-likeness (QED) is 0.782. The fourth-order valence-electron chi connectivity index (χ4n) is 2.48. The van der Waals surface area contributed by atoms with Crippen molar-refractivity contribution < 1.29 is 9.47 Å². The highest BCUT2D eigenvalue weighted by Gasteiger charge is 2.12. The zero-order valence-corrected chi connectivity index (χ0v) is 13.0. The van der Waals surface area contributed by atoms with Gasteiger partial charge in [0.25, 0.3) is 0 Å². The number of anilines is 1. The van der Waals surface area contributed by atoms with E-state index in [4.69, 9.17) is 9.47 Å². The van der Waals surface area contributed by atoms with E-state index in [1.807, 2.05) is 36.5 Å². The second-order valence-electron chi connectivity index (χ2n) is 5.06. The summed E-state index contributed by atoms with van der Waals surface area (Å²) in [5.74, 6) is 1.57. The van der Waals surface area contributed by atoms with E-state index in [1.54, 1.807) is 0 Å². The molecule has 0 bridgehead atoms. The fourth-order valence-corrected chi connectivity index (χ4v) is 2.48. The van der Waals surface area contributed by atoms with E-state index < -0.39 is 0 Å². The van der Waals surface area contributed by atoms with Crippen LogP contribution in [0.4, 0.5) is 11.4 Å². The van der Waals surface area contributed by atoms with Crippen LogP contribution in [-0.2, 0) is 0 Å². The van der Waals surface area contributed by atoms with Crippen LogP contribution in [0.15, 0.2) is 47.5 Å². The van der Waals surface area contributed by atoms with Gasteiger partial charge < -0.3 is 14.4 Å². The summed E-state index contributed by atoms with van der Waals surface area (Å²) < 4.78 is 10.7. The number of aliphatic imine (C=N–C) groups is 1. The Morgan fingerprint density at radius 3 is 2.45 bits per heavy atom. The van der Waals surface area contributed by atoms with Gasteiger partial charge in [0, 0.05) is 25.0 Å². The minimum atomic E-state index is 0.294. The van der Waals surface area contributed by atoms with Crippen molar-refractivity contribution in [3.63, 3.8) is 0 Å². The highest BCUT2D eigenvalue weighted by Crippen LogP contribution is 2.32. The standard InChI is InChI=1S/C18H20N2O2/c1-3-20(4-2)16-8-6-15(7-9-16)19-12-14-5-10-17-18(11-14)22-13-21-17/h5-12H,3-4,13H2,1-2H3. The van der Waals surface area contributed by atoms with Gasteiger partial charge in [-0.2, -0.15) is 0 Å². The Morgan fingerprint density at radius 2 is 1.73 bits per heavy atom. The number of hydrogen-bond acceptors (Lipinski definition) is 4. The largest absolute Gasteiger partial charge is 0.454 e. The first-order valence-corrected chi connectivity index (χ1v) is 7.59. The Labute approximate surface area is 131 Å². The highest BCUT2D eigenvalue weighted by atomic mass is 16.7. The van der Waals surface area contributed by atoms with Gasteiger partial charge in [0.1, 0.15) is 0 Å². The van der Waals surface area contributed by atoms with Crippen molar-refractivity contribution in [3.05, 3.63) is 48.0 Å². The summed E-state index contributed by atoms with van der Waals surface area (Å²) in [5, 5.41) is 0. The highest BCUT2D eigenvalue weighted by molar-refractivity contribution is 5.83. The summed E-state index contributed by atoms with van der Waals surface area (Å²) in [6.07, 6.45) is 1.84. The van der Waals surface area contributed by atoms with E-state index >= 15 is 0 Å². The Bertz CT molecular complexity index is 661. The van der Waals surface area contributed by atoms with Crippen LogP contribution >= 0.6 is 0 Å². The lowest BCUT2D eigenvalue weighted by Crippen LogP contribution is -2.21. The molecule has 0 N–H and O–H groups in total. The van der Waals surface area contributed by atoms with Crippen LogP contribution in [0.1, 0.15) is 19.4 Å². The molecular formula is C18H20N2O2. The number of hydrogen-bond donors (Lipinski definition) is 0. The Morgan fingerprint density at radius 1 is 1.00 bits per heavy atom. The van der Waals surface area contributed by atoms with Crippen molar-refractivity contribution in [1.29, 1.82) is 0 Å². The van der Waals surface area contributed by atoms with Crippen molar-refractivity contribution in [3.8, 4) is 11.5 Å². The molecule has 1 heterocycles. The second-order valence-corrected chi connectivity index (χ2v) is 5.06. The van der Waals surface area contributed by atoms with Crippen LogP contribution in [-0.4, -0.2) is 26.1 Å². The van der Waals surface area contributed by atoms with Crippen LogP contribution in [0.25, 0.3) is 0 Å². The molecule has 4 heteroatoms. The third-order valence-electron chi connectivity index (χ3n) is 3.74. The van der Waals surface area contributed by atoms with E-state index in [-0.39, 0.29) is 0 Å². The van der Waals surface area contributed by atoms with Gasteiger partial charge in [0.15, 0.2) is 11.5 Å². The number of ether oxygens (including phenoxy) is 2. The van der Waals surface area contributed by atoms with Crippen molar-refractivity contribution in [2.75, 3.05) is 24.8 Å². The van der Waals surface area contributed by atoms with Gasteiger partial charge in [-0.15, -0.1) is 0 Å². The summed E-state index contributed by atoms with van der Waals surface area (Å²) in [7, 11) is 0. The second kappa shape index (κ2) is 6.52. The lowest BCUT2D eigenvalue weighted by Gasteiger charge is -2.20. The topological polar surface area (TPSA) is 34.1 Å². The molecule has 114 valence electrons. The zero-order valence-electron chi connectivity index (χ0n) is 13.0. The number of fused-ring (bicyclic) bond motifs is 1. The maximum Gasteiger partial charge on any atom is 0.231 e. The summed E-state index contributed by atoms with van der Waals surface area (Å²) in [6.45, 7) is 6.64. The third-order valence-corrected chi connectivity index (χ3v) is 3.74. The predicted octanol–water partition coefficient (Wildman–Crippen LogP) is 4.01. The molecule has 4 nitrogen and oxygen atoms in total. The van der Waals surface area contributed by atoms with Crippen LogP contribution in [0.2, 0.25) is 0 Å². The molecule has 0 aromatic heterocycles. The number of nitrogens with zero attached hydrogens (tertiary/aromatic N) is 2. The smallest absolute Gasteiger partial charge is 0.231 e. The van der Waals surface area contributed by atoms with E-state index in [2.05, 4.69) is 35.9 Å². The minimum absolute atomic E-state index is 0.294. The minimum Gasteiger partial charge on any atom is -0.454 e. The number of rotatable bonds is 5. The van der Waals surface area contributed by atoms with Gasteiger partial charge >= 0.3 is 0 Å². The van der Waals surface area contributed by atoms with Gasteiger partial charge in [0.05, 0.1) is 5.69 Å². The molecule has 0 fully saturated rings. The van der Waals surface area contributed by atoms with E-state index in [1.165, 1.54) is 5.69 Å². The number of benzene rings is 2. The molecule has 0 atom stereocenters. The van der Waals surface area contributed by atoms with Crippen molar-refractivity contribution >= 4 is 17.6 Å². The SMILES string of the molecule is CCN(CC)c1ccc(N=Cc2ccc3c(c2)OCO3)cc1. The molecule has 0 unspecified atom stereocenters. The molecular weight excluding hydrogens is 276 g/mol. The molecule has 1 aliphatic rings. The summed E-state index contributed by atoms with van der Waals surface area (Å²) in [6, 6.07) is 14.1. The lowest BCUT2D eigenvalue weighted by molar-refractivity contribution is 0.174. The molecule has 0 radical (unpaired) electrons. The first-order chi connectivity index (χ1) is 10.8. The first-order valence-electron chi connectivity index (χ1n) is 7.59. The maximum atomic E-state index is 5.37. The van der Waals surface area contributed by atoms with Gasteiger partial charge in [0.2, 0.25) is 6.79 Å². The maximum absolute atomic E-state index is 5.37. The summed E-state index contributed by atoms with van der Waals surface area (Å²) in [5.41, 5.74) is 3.16. The first kappa shape index (κ1) is 14.4. The van der Waals surface area contributed by atoms with Crippen LogP contribution in [0, 0.1) is 0 Å². The molecule has 2 aromatic carbocycles. The zero-order chi connectivity index (χ0) is 15.4. The van der Waals surface area contributed by atoms with E-state index in [9.17, 15) is 0 Å². The molecule has 0 spiro atoms. The summed E-state index contributed by atoms with van der Waals surface area (Å²) in [4.78, 5) is 6.83. The van der Waals surface area contributed by atoms with Crippen LogP contribution < -0.4 is 14.4 Å². The van der Waals surface area contributed by atoms with E-state index in [0.717, 1.165) is 35.8 Å². The summed E-state index contributed by atoms with van der Waals surface area (Å²) >= 11 is 0. The third kappa shape index (κ3) is 3.06. The van der Waals surface area contributed by atoms with Gasteiger partial charge in [-0.3, -0.25) is 4.99 Å². The van der Waals surface area contributed by atoms with Crippen LogP contribution in [0.3, 0.4) is 0 Å². The molecule has 2 aromatic rings. The van der Waals surface area contributed by atoms with Crippen molar-refractivity contribution in [2.45, 2.75) is 13.8 Å². The average Bonchev–Trinajstić information content (AvgIpc) is 3.03. The van der Waals surface area contributed by atoms with Gasteiger partial charge in [-0.25, -0.2) is 0 Å². The Balaban J connectivity index is 1.72. The van der Waals surface area contributed by atoms with Crippen LogP contribution in [0.5, 0.6) is 11.5 Å².